The minimum atomic E-state index is -1.39. The van der Waals surface area contributed by atoms with Gasteiger partial charge in [0.2, 0.25) is 11.6 Å². The van der Waals surface area contributed by atoms with Gasteiger partial charge in [0.1, 0.15) is 57.2 Å². The summed E-state index contributed by atoms with van der Waals surface area (Å²) in [6, 6.07) is 11.2. The number of ether oxygens (including phenoxy) is 3. The molecule has 1 saturated heterocycles. The number of anilines is 1. The third kappa shape index (κ3) is 11.6. The number of aromatic nitrogens is 3. The van der Waals surface area contributed by atoms with Crippen LogP contribution in [0, 0.1) is 0 Å². The van der Waals surface area contributed by atoms with Crippen molar-refractivity contribution in [2.24, 2.45) is 5.16 Å². The van der Waals surface area contributed by atoms with Crippen molar-refractivity contribution in [3.63, 3.8) is 0 Å². The SMILES string of the molecule is [B]OC(=O)[C@H](C)O/N=C(\C(=O)NC1C(=O)N2C(C(=O)OCc3ccc(OC)cc3)=C(C[n+]3cccc4c3ccn4CC(=O)NOC)CSC12)c1nc(NC(=O)OC(C)(C)C)sc1Cl.[I-]. The molecule has 3 aromatic heterocycles. The van der Waals surface area contributed by atoms with Crippen LogP contribution in [0.15, 0.2) is 71.3 Å². The molecule has 25 heteroatoms. The van der Waals surface area contributed by atoms with Crippen molar-refractivity contribution < 1.29 is 85.9 Å². The number of thioether (sulfide) groups is 1. The lowest BCUT2D eigenvalue weighted by molar-refractivity contribution is -0.663. The summed E-state index contributed by atoms with van der Waals surface area (Å²) >= 11 is 8.56. The molecule has 6 rings (SSSR count). The number of nitrogens with zero attached hydrogens (tertiary/aromatic N) is 5. The maximum absolute atomic E-state index is 14.2. The van der Waals surface area contributed by atoms with Gasteiger partial charge in [0.15, 0.2) is 23.6 Å². The van der Waals surface area contributed by atoms with E-state index in [1.54, 1.807) is 61.9 Å². The van der Waals surface area contributed by atoms with Crippen LogP contribution in [0.25, 0.3) is 11.0 Å². The Morgan fingerprint density at radius 1 is 1.11 bits per heavy atom. The molecule has 2 aliphatic heterocycles. The number of thiazole rings is 1. The molecule has 64 heavy (non-hydrogen) atoms. The summed E-state index contributed by atoms with van der Waals surface area (Å²) in [6.07, 6.45) is 1.31. The van der Waals surface area contributed by atoms with Gasteiger partial charge in [0.25, 0.3) is 17.7 Å². The highest BCUT2D eigenvalue weighted by Gasteiger charge is 2.55. The molecule has 3 N–H and O–H groups in total. The lowest BCUT2D eigenvalue weighted by Crippen LogP contribution is -3.00. The van der Waals surface area contributed by atoms with Crippen molar-refractivity contribution in [3.8, 4) is 5.75 Å². The van der Waals surface area contributed by atoms with E-state index in [1.165, 1.54) is 37.8 Å². The first-order valence-corrected chi connectivity index (χ1v) is 21.1. The number of rotatable bonds is 16. The van der Waals surface area contributed by atoms with Crippen molar-refractivity contribution in [2.75, 3.05) is 25.3 Å². The fourth-order valence-electron chi connectivity index (χ4n) is 6.29. The van der Waals surface area contributed by atoms with E-state index in [1.807, 2.05) is 22.9 Å². The average molecular weight is 1050 g/mol. The molecule has 2 aliphatic rings. The van der Waals surface area contributed by atoms with Crippen molar-refractivity contribution in [3.05, 3.63) is 81.7 Å². The second kappa shape index (κ2) is 21.5. The summed E-state index contributed by atoms with van der Waals surface area (Å²) in [6.45, 7) is 6.27. The first kappa shape index (κ1) is 49.6. The van der Waals surface area contributed by atoms with E-state index in [0.29, 0.717) is 16.9 Å². The molecule has 1 fully saturated rings. The smallest absolute Gasteiger partial charge is 0.413 e. The van der Waals surface area contributed by atoms with E-state index in [9.17, 15) is 28.8 Å². The Balaban J connectivity index is 0.00000771. The van der Waals surface area contributed by atoms with E-state index in [4.69, 9.17) is 43.5 Å². The monoisotopic (exact) mass is 1050 g/mol. The van der Waals surface area contributed by atoms with Crippen molar-refractivity contribution >= 4 is 100 Å². The lowest BCUT2D eigenvalue weighted by atomic mass is 10.0. The largest absolute Gasteiger partial charge is 1.00 e. The van der Waals surface area contributed by atoms with E-state index in [0.717, 1.165) is 22.4 Å². The second-order valence-corrected chi connectivity index (χ2v) is 17.4. The normalized spacial score (nSPS) is 16.4. The van der Waals surface area contributed by atoms with Crippen LogP contribution < -0.4 is 49.4 Å². The molecule has 20 nitrogen and oxygen atoms in total. The number of fused-ring (bicyclic) bond motifs is 2. The Kier molecular flexibility index (Phi) is 16.7. The number of nitrogens with one attached hydrogen (secondary N) is 3. The Hall–Kier alpha value is -5.44. The number of esters is 1. The summed E-state index contributed by atoms with van der Waals surface area (Å²) in [4.78, 5) is 94.6. The minimum Gasteiger partial charge on any atom is -1.00 e. The summed E-state index contributed by atoms with van der Waals surface area (Å²) in [7, 11) is 7.86. The zero-order valence-corrected chi connectivity index (χ0v) is 39.6. The number of amides is 4. The Morgan fingerprint density at radius 3 is 2.52 bits per heavy atom. The highest BCUT2D eigenvalue weighted by molar-refractivity contribution is 8.00. The zero-order valence-electron chi connectivity index (χ0n) is 35.0. The number of carbonyl (C=O) groups excluding carboxylic acids is 6. The molecule has 3 atom stereocenters. The van der Waals surface area contributed by atoms with E-state index < -0.39 is 58.7 Å². The maximum Gasteiger partial charge on any atom is 0.413 e. The Labute approximate surface area is 397 Å². The third-order valence-electron chi connectivity index (χ3n) is 9.14. The molecule has 0 bridgehead atoms. The number of hydrogen-bond acceptors (Lipinski definition) is 16. The van der Waals surface area contributed by atoms with Crippen LogP contribution in [-0.2, 0) is 67.5 Å². The van der Waals surface area contributed by atoms with Gasteiger partial charge in [0.05, 0.1) is 14.2 Å². The van der Waals surface area contributed by atoms with Gasteiger partial charge in [-0.25, -0.2) is 24.8 Å². The van der Waals surface area contributed by atoms with Gasteiger partial charge in [-0.15, -0.1) is 11.8 Å². The summed E-state index contributed by atoms with van der Waals surface area (Å²) < 4.78 is 24.0. The first-order valence-electron chi connectivity index (χ1n) is 18.9. The number of oxime groups is 1. The van der Waals surface area contributed by atoms with Crippen LogP contribution in [0.2, 0.25) is 4.34 Å². The predicted molar refractivity (Wildman–Crippen MR) is 228 cm³/mol. The molecule has 5 heterocycles. The zero-order chi connectivity index (χ0) is 45.6. The van der Waals surface area contributed by atoms with Crippen LogP contribution in [0.5, 0.6) is 5.75 Å². The summed E-state index contributed by atoms with van der Waals surface area (Å²) in [5, 5.41) is 8.06. The third-order valence-corrected chi connectivity index (χ3v) is 11.7. The van der Waals surface area contributed by atoms with Gasteiger partial charge in [-0.1, -0.05) is 40.2 Å². The number of benzene rings is 1. The maximum atomic E-state index is 14.2. The van der Waals surface area contributed by atoms with E-state index in [2.05, 4.69) is 30.9 Å². The average Bonchev–Trinajstić information content (AvgIpc) is 3.82. The fourth-order valence-corrected chi connectivity index (χ4v) is 8.66. The van der Waals surface area contributed by atoms with E-state index in [-0.39, 0.29) is 76.2 Å². The highest BCUT2D eigenvalue weighted by atomic mass is 127. The van der Waals surface area contributed by atoms with Gasteiger partial charge in [0, 0.05) is 29.7 Å². The highest BCUT2D eigenvalue weighted by Crippen LogP contribution is 2.41. The molecule has 0 saturated carbocycles. The van der Waals surface area contributed by atoms with Crippen molar-refractivity contribution in [2.45, 2.75) is 70.5 Å². The van der Waals surface area contributed by atoms with Gasteiger partial charge in [-0.2, -0.15) is 4.57 Å². The molecule has 338 valence electrons. The van der Waals surface area contributed by atoms with Crippen LogP contribution in [-0.4, -0.2) is 107 Å². The van der Waals surface area contributed by atoms with Gasteiger partial charge < -0.3 is 57.6 Å². The molecular formula is C39H41BClIN8O12S2. The number of β-lactam (4-membered cyclic amide) rings is 1. The topological polar surface area (TPSA) is 231 Å². The molecule has 0 aliphatic carbocycles. The quantitative estimate of drug-likeness (QED) is 0.0254. The Bertz CT molecular complexity index is 2500. The minimum absolute atomic E-state index is 0. The number of methoxy groups -OCH3 is 1. The van der Waals surface area contributed by atoms with E-state index >= 15 is 0 Å². The molecule has 1 aromatic carbocycles. The predicted octanol–water partition coefficient (Wildman–Crippen LogP) is -0.0906. The number of carbonyl (C=O) groups is 6. The second-order valence-electron chi connectivity index (χ2n) is 14.7. The molecular weight excluding hydrogens is 1010 g/mol. The molecule has 2 unspecified atom stereocenters. The van der Waals surface area contributed by atoms with Crippen LogP contribution in [0.1, 0.15) is 39.0 Å². The molecule has 4 amide bonds. The van der Waals surface area contributed by atoms with Crippen LogP contribution in [0.4, 0.5) is 9.93 Å². The number of hydrogen-bond donors (Lipinski definition) is 3. The number of pyridine rings is 1. The van der Waals surface area contributed by atoms with Crippen LogP contribution >= 0.6 is 34.7 Å². The molecule has 2 radical (unpaired) electrons. The fraction of sp³-hybridized carbons (Fsp3) is 0.359. The van der Waals surface area contributed by atoms with Crippen molar-refractivity contribution in [1.29, 1.82) is 0 Å². The summed E-state index contributed by atoms with van der Waals surface area (Å²) in [5.41, 5.74) is 3.31. The number of hydroxylamine groups is 1. The van der Waals surface area contributed by atoms with Gasteiger partial charge in [-0.3, -0.25) is 29.4 Å². The van der Waals surface area contributed by atoms with Crippen molar-refractivity contribution in [1.82, 2.24) is 25.2 Å². The van der Waals surface area contributed by atoms with Gasteiger partial charge >= 0.3 is 26.1 Å². The Morgan fingerprint density at radius 2 is 1.84 bits per heavy atom. The summed E-state index contributed by atoms with van der Waals surface area (Å²) in [5.74, 6) is -2.96. The van der Waals surface area contributed by atoms with Crippen LogP contribution in [0.3, 0.4) is 0 Å². The lowest BCUT2D eigenvalue weighted by Gasteiger charge is -2.49. The molecule has 0 spiro atoms. The first-order chi connectivity index (χ1) is 30.0. The van der Waals surface area contributed by atoms with Gasteiger partial charge in [-0.05, 0) is 51.5 Å². The number of halogens is 2. The molecule has 4 aromatic rings. The standard InChI is InChI=1S/C39H40BClN8O12S2.HI/c1-20(35(53)60-40)61-46-28(27-31(41)63-37(43-27)44-38(55)59-39(2,3)4)32(51)42-29-33(52)49-30(36(54)58-18-21-9-11-23(56-5)12-10-21)22(19-62-34(29)49)16-47-14-7-8-24-25(47)13-15-48(24)17-26(50)45-57-6;/h7-15,20,29,34H,16-19H2,1-6H3,(H2-,42,43,44,45,50,51,55);1H/b46-28-;/t20-,29?,34?;/m0./s1.